The third kappa shape index (κ3) is 3.87. The number of nitrogens with two attached hydrogens (primary N) is 1. The summed E-state index contributed by atoms with van der Waals surface area (Å²) in [6.07, 6.45) is -0.213. The van der Waals surface area contributed by atoms with Gasteiger partial charge in [0.15, 0.2) is 0 Å². The zero-order valence-electron chi connectivity index (χ0n) is 10.6. The number of halogens is 2. The van der Waals surface area contributed by atoms with Gasteiger partial charge in [-0.2, -0.15) is 0 Å². The first kappa shape index (κ1) is 14.2. The van der Waals surface area contributed by atoms with Crippen LogP contribution >= 0.6 is 23.2 Å². The van der Waals surface area contributed by atoms with Crippen LogP contribution in [0.1, 0.15) is 17.2 Å². The smallest absolute Gasteiger partial charge is 0.136 e. The Labute approximate surface area is 123 Å². The van der Waals surface area contributed by atoms with Gasteiger partial charge in [0.1, 0.15) is 11.9 Å². The fraction of sp³-hybridized carbons (Fsp3) is 0.200. The van der Waals surface area contributed by atoms with Crippen molar-refractivity contribution in [2.24, 2.45) is 5.73 Å². The minimum absolute atomic E-state index is 0.213. The molecule has 2 nitrogen and oxygen atoms in total. The monoisotopic (exact) mass is 295 g/mol. The van der Waals surface area contributed by atoms with Gasteiger partial charge >= 0.3 is 0 Å². The lowest BCUT2D eigenvalue weighted by atomic mass is 10.1. The van der Waals surface area contributed by atoms with Crippen molar-refractivity contribution < 1.29 is 4.74 Å². The number of hydrogen-bond acceptors (Lipinski definition) is 2. The highest BCUT2D eigenvalue weighted by molar-refractivity contribution is 6.34. The van der Waals surface area contributed by atoms with E-state index in [2.05, 4.69) is 0 Å². The minimum Gasteiger partial charge on any atom is -0.484 e. The van der Waals surface area contributed by atoms with Gasteiger partial charge in [-0.25, -0.2) is 0 Å². The van der Waals surface area contributed by atoms with Crippen LogP contribution < -0.4 is 10.5 Å². The largest absolute Gasteiger partial charge is 0.484 e. The van der Waals surface area contributed by atoms with Crippen LogP contribution in [-0.2, 0) is 0 Å². The number of hydrogen-bond donors (Lipinski definition) is 1. The molecule has 0 saturated heterocycles. The van der Waals surface area contributed by atoms with Crippen LogP contribution in [0.15, 0.2) is 42.5 Å². The molecule has 4 heteroatoms. The maximum absolute atomic E-state index is 5.95. The van der Waals surface area contributed by atoms with Crippen molar-refractivity contribution in [2.75, 3.05) is 6.54 Å². The molecule has 0 saturated carbocycles. The van der Waals surface area contributed by atoms with Crippen molar-refractivity contribution in [2.45, 2.75) is 13.0 Å². The highest BCUT2D eigenvalue weighted by Crippen LogP contribution is 2.28. The first-order chi connectivity index (χ1) is 9.08. The minimum atomic E-state index is -0.213. The van der Waals surface area contributed by atoms with Crippen molar-refractivity contribution in [1.82, 2.24) is 0 Å². The molecule has 1 atom stereocenters. The molecule has 0 aliphatic heterocycles. The molecule has 2 N–H and O–H groups in total. The number of ether oxygens (including phenoxy) is 1. The summed E-state index contributed by atoms with van der Waals surface area (Å²) < 4.78 is 5.86. The average molecular weight is 296 g/mol. The second kappa shape index (κ2) is 6.29. The van der Waals surface area contributed by atoms with E-state index in [-0.39, 0.29) is 6.10 Å². The molecule has 0 aliphatic carbocycles. The Kier molecular flexibility index (Phi) is 4.70. The molecule has 1 unspecified atom stereocenters. The van der Waals surface area contributed by atoms with Gasteiger partial charge in [-0.3, -0.25) is 0 Å². The van der Waals surface area contributed by atoms with Crippen LogP contribution in [0.4, 0.5) is 0 Å². The molecule has 100 valence electrons. The van der Waals surface area contributed by atoms with Gasteiger partial charge in [0.2, 0.25) is 0 Å². The van der Waals surface area contributed by atoms with E-state index >= 15 is 0 Å². The SMILES string of the molecule is Cc1ccc(C(CN)Oc2cc(Cl)cc(Cl)c2)cc1. The van der Waals surface area contributed by atoms with E-state index in [0.717, 1.165) is 5.56 Å². The summed E-state index contributed by atoms with van der Waals surface area (Å²) >= 11 is 11.9. The quantitative estimate of drug-likeness (QED) is 0.908. The summed E-state index contributed by atoms with van der Waals surface area (Å²) in [5.74, 6) is 0.619. The summed E-state index contributed by atoms with van der Waals surface area (Å²) in [6.45, 7) is 2.42. The molecule has 0 aromatic heterocycles. The summed E-state index contributed by atoms with van der Waals surface area (Å²) in [5.41, 5.74) is 8.01. The molecule has 0 fully saturated rings. The number of benzene rings is 2. The van der Waals surface area contributed by atoms with Crippen LogP contribution in [-0.4, -0.2) is 6.54 Å². The predicted octanol–water partition coefficient (Wildman–Crippen LogP) is 4.38. The fourth-order valence-corrected chi connectivity index (χ4v) is 2.30. The van der Waals surface area contributed by atoms with Crippen molar-refractivity contribution in [1.29, 1.82) is 0 Å². The van der Waals surface area contributed by atoms with Crippen LogP contribution in [0.3, 0.4) is 0 Å². The maximum atomic E-state index is 5.95. The molecular weight excluding hydrogens is 281 g/mol. The molecule has 2 aromatic rings. The molecule has 0 bridgehead atoms. The second-order valence-electron chi connectivity index (χ2n) is 4.36. The van der Waals surface area contributed by atoms with E-state index in [4.69, 9.17) is 33.7 Å². The van der Waals surface area contributed by atoms with E-state index in [1.165, 1.54) is 5.56 Å². The van der Waals surface area contributed by atoms with Gasteiger partial charge in [-0.1, -0.05) is 53.0 Å². The summed E-state index contributed by atoms with van der Waals surface area (Å²) in [4.78, 5) is 0. The Hall–Kier alpha value is -1.22. The van der Waals surface area contributed by atoms with E-state index < -0.39 is 0 Å². The topological polar surface area (TPSA) is 35.2 Å². The van der Waals surface area contributed by atoms with Crippen molar-refractivity contribution in [3.8, 4) is 5.75 Å². The van der Waals surface area contributed by atoms with Gasteiger partial charge in [0, 0.05) is 16.6 Å². The van der Waals surface area contributed by atoms with Crippen LogP contribution in [0.2, 0.25) is 10.0 Å². The summed E-state index contributed by atoms with van der Waals surface area (Å²) in [7, 11) is 0. The molecular formula is C15H15Cl2NO. The van der Waals surface area contributed by atoms with Crippen LogP contribution in [0, 0.1) is 6.92 Å². The van der Waals surface area contributed by atoms with Crippen molar-refractivity contribution in [3.63, 3.8) is 0 Å². The third-order valence-electron chi connectivity index (χ3n) is 2.78. The Morgan fingerprint density at radius 2 is 1.63 bits per heavy atom. The molecule has 0 heterocycles. The lowest BCUT2D eigenvalue weighted by molar-refractivity contribution is 0.214. The second-order valence-corrected chi connectivity index (χ2v) is 5.23. The first-order valence-electron chi connectivity index (χ1n) is 5.98. The van der Waals surface area contributed by atoms with Gasteiger partial charge in [-0.05, 0) is 30.7 Å². The Bertz CT molecular complexity index is 534. The lowest BCUT2D eigenvalue weighted by Gasteiger charge is -2.18. The Balaban J connectivity index is 2.21. The fourth-order valence-electron chi connectivity index (χ4n) is 1.79. The van der Waals surface area contributed by atoms with Crippen LogP contribution in [0.25, 0.3) is 0 Å². The zero-order valence-corrected chi connectivity index (χ0v) is 12.1. The molecule has 0 radical (unpaired) electrons. The molecule has 19 heavy (non-hydrogen) atoms. The highest BCUT2D eigenvalue weighted by Gasteiger charge is 2.12. The predicted molar refractivity (Wildman–Crippen MR) is 80.1 cm³/mol. The van der Waals surface area contributed by atoms with E-state index in [9.17, 15) is 0 Å². The van der Waals surface area contributed by atoms with Crippen molar-refractivity contribution in [3.05, 3.63) is 63.6 Å². The molecule has 0 aliphatic rings. The van der Waals surface area contributed by atoms with Gasteiger partial charge in [0.25, 0.3) is 0 Å². The molecule has 2 aromatic carbocycles. The Morgan fingerprint density at radius 1 is 1.05 bits per heavy atom. The lowest BCUT2D eigenvalue weighted by Crippen LogP contribution is -2.18. The normalized spacial score (nSPS) is 12.2. The zero-order chi connectivity index (χ0) is 13.8. The standard InChI is InChI=1S/C15H15Cl2NO/c1-10-2-4-11(5-3-10)15(9-18)19-14-7-12(16)6-13(17)8-14/h2-8,15H,9,18H2,1H3. The third-order valence-corrected chi connectivity index (χ3v) is 3.21. The number of rotatable bonds is 4. The van der Waals surface area contributed by atoms with Crippen LogP contribution in [0.5, 0.6) is 5.75 Å². The average Bonchev–Trinajstić information content (AvgIpc) is 2.36. The van der Waals surface area contributed by atoms with Gasteiger partial charge < -0.3 is 10.5 Å². The highest BCUT2D eigenvalue weighted by atomic mass is 35.5. The maximum Gasteiger partial charge on any atom is 0.136 e. The summed E-state index contributed by atoms with van der Waals surface area (Å²) in [6, 6.07) is 13.2. The van der Waals surface area contributed by atoms with Gasteiger partial charge in [-0.15, -0.1) is 0 Å². The van der Waals surface area contributed by atoms with E-state index in [1.807, 2.05) is 31.2 Å². The van der Waals surface area contributed by atoms with E-state index in [0.29, 0.717) is 22.3 Å². The van der Waals surface area contributed by atoms with Crippen molar-refractivity contribution >= 4 is 23.2 Å². The molecule has 2 rings (SSSR count). The Morgan fingerprint density at radius 3 is 2.16 bits per heavy atom. The number of aryl methyl sites for hydroxylation is 1. The first-order valence-corrected chi connectivity index (χ1v) is 6.73. The van der Waals surface area contributed by atoms with E-state index in [1.54, 1.807) is 18.2 Å². The molecule has 0 spiro atoms. The van der Waals surface area contributed by atoms with Gasteiger partial charge in [0.05, 0.1) is 0 Å². The molecule has 0 amide bonds. The summed E-state index contributed by atoms with van der Waals surface area (Å²) in [5, 5.41) is 1.09.